The van der Waals surface area contributed by atoms with Crippen LogP contribution in [0.15, 0.2) is 53.4 Å². The quantitative estimate of drug-likeness (QED) is 0.361. The standard InChI is InChI=1S/C14H11NO3S/c16-9-11-5-2-4-8-14(11)19-10-12-6-1-3-7-13(12)15(17)18/h1-9H,10H2. The van der Waals surface area contributed by atoms with Gasteiger partial charge in [-0.3, -0.25) is 14.9 Å². The van der Waals surface area contributed by atoms with Gasteiger partial charge in [0.2, 0.25) is 0 Å². The minimum atomic E-state index is -0.387. The number of thioether (sulfide) groups is 1. The average molecular weight is 273 g/mol. The number of carbonyl (C=O) groups excluding carboxylic acids is 1. The summed E-state index contributed by atoms with van der Waals surface area (Å²) in [4.78, 5) is 22.2. The summed E-state index contributed by atoms with van der Waals surface area (Å²) in [6, 6.07) is 13.8. The molecule has 0 spiro atoms. The van der Waals surface area contributed by atoms with E-state index in [2.05, 4.69) is 0 Å². The second-order valence-corrected chi connectivity index (χ2v) is 4.85. The van der Waals surface area contributed by atoms with Crippen LogP contribution in [0.1, 0.15) is 15.9 Å². The van der Waals surface area contributed by atoms with Crippen molar-refractivity contribution >= 4 is 23.7 Å². The smallest absolute Gasteiger partial charge is 0.273 e. The number of hydrogen-bond acceptors (Lipinski definition) is 4. The highest BCUT2D eigenvalue weighted by Gasteiger charge is 2.12. The molecule has 0 heterocycles. The molecule has 0 saturated heterocycles. The summed E-state index contributed by atoms with van der Waals surface area (Å²) in [6.45, 7) is 0. The van der Waals surface area contributed by atoms with Crippen LogP contribution < -0.4 is 0 Å². The van der Waals surface area contributed by atoms with E-state index in [0.717, 1.165) is 11.2 Å². The van der Waals surface area contributed by atoms with Gasteiger partial charge in [-0.1, -0.05) is 36.4 Å². The topological polar surface area (TPSA) is 60.2 Å². The zero-order chi connectivity index (χ0) is 13.7. The van der Waals surface area contributed by atoms with Crippen molar-refractivity contribution in [1.82, 2.24) is 0 Å². The molecular weight excluding hydrogens is 262 g/mol. The summed E-state index contributed by atoms with van der Waals surface area (Å²) >= 11 is 1.42. The molecule has 0 N–H and O–H groups in total. The maximum Gasteiger partial charge on any atom is 0.273 e. The average Bonchev–Trinajstić information content (AvgIpc) is 2.45. The van der Waals surface area contributed by atoms with Gasteiger partial charge in [0.25, 0.3) is 5.69 Å². The van der Waals surface area contributed by atoms with Crippen molar-refractivity contribution in [3.8, 4) is 0 Å². The Morgan fingerprint density at radius 2 is 1.79 bits per heavy atom. The Bertz CT molecular complexity index is 613. The third kappa shape index (κ3) is 3.20. The molecule has 0 aromatic heterocycles. The molecule has 0 aliphatic rings. The van der Waals surface area contributed by atoms with Crippen molar-refractivity contribution in [1.29, 1.82) is 0 Å². The van der Waals surface area contributed by atoms with Crippen molar-refractivity contribution in [3.05, 3.63) is 69.8 Å². The number of para-hydroxylation sites is 1. The fourth-order valence-electron chi connectivity index (χ4n) is 1.68. The van der Waals surface area contributed by atoms with E-state index in [-0.39, 0.29) is 10.6 Å². The lowest BCUT2D eigenvalue weighted by Gasteiger charge is -2.05. The van der Waals surface area contributed by atoms with Crippen molar-refractivity contribution in [2.24, 2.45) is 0 Å². The van der Waals surface area contributed by atoms with E-state index in [1.807, 2.05) is 12.1 Å². The third-order valence-corrected chi connectivity index (χ3v) is 3.76. The number of benzene rings is 2. The molecule has 4 nitrogen and oxygen atoms in total. The molecule has 0 atom stereocenters. The van der Waals surface area contributed by atoms with Gasteiger partial charge in [-0.25, -0.2) is 0 Å². The Labute approximate surface area is 114 Å². The molecule has 2 aromatic carbocycles. The van der Waals surface area contributed by atoms with Crippen LogP contribution in [0.25, 0.3) is 0 Å². The third-order valence-electron chi connectivity index (χ3n) is 2.62. The maximum atomic E-state index is 10.9. The first-order chi connectivity index (χ1) is 9.22. The second-order valence-electron chi connectivity index (χ2n) is 3.83. The normalized spacial score (nSPS) is 10.1. The number of rotatable bonds is 5. The Morgan fingerprint density at radius 3 is 2.53 bits per heavy atom. The zero-order valence-electron chi connectivity index (χ0n) is 9.98. The molecule has 19 heavy (non-hydrogen) atoms. The van der Waals surface area contributed by atoms with Crippen molar-refractivity contribution in [2.75, 3.05) is 0 Å². The second kappa shape index (κ2) is 6.15. The molecule has 0 amide bonds. The lowest BCUT2D eigenvalue weighted by Crippen LogP contribution is -1.94. The molecule has 2 aromatic rings. The van der Waals surface area contributed by atoms with Gasteiger partial charge < -0.3 is 0 Å². The Hall–Kier alpha value is -2.14. The first-order valence-corrected chi connectivity index (χ1v) is 6.60. The van der Waals surface area contributed by atoms with Gasteiger partial charge in [-0.05, 0) is 6.07 Å². The Kier molecular flexibility index (Phi) is 4.30. The van der Waals surface area contributed by atoms with Crippen molar-refractivity contribution in [2.45, 2.75) is 10.6 Å². The zero-order valence-corrected chi connectivity index (χ0v) is 10.8. The van der Waals surface area contributed by atoms with Crippen LogP contribution in [0, 0.1) is 10.1 Å². The number of nitrogens with zero attached hydrogens (tertiary/aromatic N) is 1. The van der Waals surface area contributed by atoms with Gasteiger partial charge in [0, 0.05) is 27.8 Å². The van der Waals surface area contributed by atoms with Crippen LogP contribution >= 0.6 is 11.8 Å². The summed E-state index contributed by atoms with van der Waals surface area (Å²) in [5.41, 5.74) is 1.36. The molecule has 0 bridgehead atoms. The molecule has 96 valence electrons. The molecule has 0 radical (unpaired) electrons. The van der Waals surface area contributed by atoms with Gasteiger partial charge in [-0.2, -0.15) is 0 Å². The fourth-order valence-corrected chi connectivity index (χ4v) is 2.69. The lowest BCUT2D eigenvalue weighted by atomic mass is 10.2. The van der Waals surface area contributed by atoms with Crippen LogP contribution in [0.5, 0.6) is 0 Å². The molecular formula is C14H11NO3S. The van der Waals surface area contributed by atoms with Gasteiger partial charge in [0.05, 0.1) is 4.92 Å². The molecule has 0 aliphatic heterocycles. The van der Waals surface area contributed by atoms with Crippen LogP contribution in [-0.4, -0.2) is 11.2 Å². The minimum absolute atomic E-state index is 0.110. The molecule has 2 rings (SSSR count). The van der Waals surface area contributed by atoms with Gasteiger partial charge in [0.1, 0.15) is 0 Å². The summed E-state index contributed by atoms with van der Waals surface area (Å²) < 4.78 is 0. The van der Waals surface area contributed by atoms with Crippen LogP contribution in [0.4, 0.5) is 5.69 Å². The van der Waals surface area contributed by atoms with Gasteiger partial charge >= 0.3 is 0 Å². The minimum Gasteiger partial charge on any atom is -0.298 e. The van der Waals surface area contributed by atoms with E-state index in [4.69, 9.17) is 0 Å². The molecule has 0 aliphatic carbocycles. The molecule has 0 unspecified atom stereocenters. The van der Waals surface area contributed by atoms with Crippen molar-refractivity contribution < 1.29 is 9.72 Å². The molecule has 0 saturated carbocycles. The highest BCUT2D eigenvalue weighted by atomic mass is 32.2. The number of nitro benzene ring substituents is 1. The SMILES string of the molecule is O=Cc1ccccc1SCc1ccccc1[N+](=O)[O-]. The van der Waals surface area contributed by atoms with E-state index >= 15 is 0 Å². The number of nitro groups is 1. The van der Waals surface area contributed by atoms with Gasteiger partial charge in [0.15, 0.2) is 6.29 Å². The lowest BCUT2D eigenvalue weighted by molar-refractivity contribution is -0.385. The van der Waals surface area contributed by atoms with E-state index in [1.165, 1.54) is 17.8 Å². The highest BCUT2D eigenvalue weighted by molar-refractivity contribution is 7.98. The fraction of sp³-hybridized carbons (Fsp3) is 0.0714. The highest BCUT2D eigenvalue weighted by Crippen LogP contribution is 2.29. The van der Waals surface area contributed by atoms with E-state index in [0.29, 0.717) is 16.9 Å². The van der Waals surface area contributed by atoms with Crippen LogP contribution in [0.3, 0.4) is 0 Å². The monoisotopic (exact) mass is 273 g/mol. The maximum absolute atomic E-state index is 10.9. The van der Waals surface area contributed by atoms with E-state index in [9.17, 15) is 14.9 Å². The number of carbonyl (C=O) groups is 1. The van der Waals surface area contributed by atoms with Gasteiger partial charge in [-0.15, -0.1) is 11.8 Å². The number of hydrogen-bond donors (Lipinski definition) is 0. The predicted molar refractivity (Wildman–Crippen MR) is 74.5 cm³/mol. The Balaban J connectivity index is 2.19. The molecule has 0 fully saturated rings. The molecule has 5 heteroatoms. The first kappa shape index (κ1) is 13.3. The van der Waals surface area contributed by atoms with Crippen LogP contribution in [0.2, 0.25) is 0 Å². The summed E-state index contributed by atoms with van der Waals surface area (Å²) in [7, 11) is 0. The summed E-state index contributed by atoms with van der Waals surface area (Å²) in [6.07, 6.45) is 0.793. The van der Waals surface area contributed by atoms with Crippen molar-refractivity contribution in [3.63, 3.8) is 0 Å². The summed E-state index contributed by atoms with van der Waals surface area (Å²) in [5.74, 6) is 0.460. The van der Waals surface area contributed by atoms with E-state index < -0.39 is 0 Å². The largest absolute Gasteiger partial charge is 0.298 e. The predicted octanol–water partition coefficient (Wildman–Crippen LogP) is 3.70. The van der Waals surface area contributed by atoms with Crippen LogP contribution in [-0.2, 0) is 5.75 Å². The summed E-state index contributed by atoms with van der Waals surface area (Å²) in [5, 5.41) is 10.9. The van der Waals surface area contributed by atoms with E-state index in [1.54, 1.807) is 30.3 Å². The number of aldehydes is 1. The first-order valence-electron chi connectivity index (χ1n) is 5.61. The Morgan fingerprint density at radius 1 is 1.11 bits per heavy atom.